The molecule has 0 amide bonds. The third kappa shape index (κ3) is 1.18. The number of allylic oxidation sites excluding steroid dienone is 3. The average Bonchev–Trinajstić information content (AvgIpc) is 2.20. The first-order valence-electron chi connectivity index (χ1n) is 3.58. The molecule has 1 rings (SSSR count). The molecule has 54 valence electrons. The fourth-order valence-electron chi connectivity index (χ4n) is 1.27. The van der Waals surface area contributed by atoms with E-state index in [2.05, 4.69) is 6.58 Å². The van der Waals surface area contributed by atoms with Crippen molar-refractivity contribution in [3.63, 3.8) is 0 Å². The summed E-state index contributed by atoms with van der Waals surface area (Å²) in [7, 11) is 0. The molecule has 0 N–H and O–H groups in total. The zero-order chi connectivity index (χ0) is 7.56. The molecule has 0 radical (unpaired) electrons. The van der Waals surface area contributed by atoms with Crippen LogP contribution in [0, 0.1) is 0 Å². The van der Waals surface area contributed by atoms with Crippen molar-refractivity contribution in [2.45, 2.75) is 26.2 Å². The van der Waals surface area contributed by atoms with E-state index in [1.807, 2.05) is 13.0 Å². The van der Waals surface area contributed by atoms with Gasteiger partial charge in [-0.2, -0.15) is 0 Å². The molecule has 1 nitrogen and oxygen atoms in total. The molecule has 1 heteroatoms. The molecule has 0 aromatic carbocycles. The van der Waals surface area contributed by atoms with E-state index in [0.29, 0.717) is 5.78 Å². The topological polar surface area (TPSA) is 17.1 Å². The number of hydrogen-bond acceptors (Lipinski definition) is 1. The van der Waals surface area contributed by atoms with E-state index >= 15 is 0 Å². The molecule has 0 bridgehead atoms. The Balaban J connectivity index is 2.74. The maximum absolute atomic E-state index is 11.0. The van der Waals surface area contributed by atoms with Gasteiger partial charge in [-0.3, -0.25) is 4.79 Å². The van der Waals surface area contributed by atoms with Crippen LogP contribution in [-0.4, -0.2) is 5.78 Å². The molecule has 10 heavy (non-hydrogen) atoms. The van der Waals surface area contributed by atoms with Gasteiger partial charge in [0.2, 0.25) is 0 Å². The van der Waals surface area contributed by atoms with Crippen molar-refractivity contribution in [3.05, 3.63) is 23.8 Å². The molecule has 0 heterocycles. The summed E-state index contributed by atoms with van der Waals surface area (Å²) in [5.74, 6) is 0.317. The SMILES string of the molecule is C=CCC1=C(C)C(=O)CC1. The molecule has 1 aliphatic carbocycles. The largest absolute Gasteiger partial charge is 0.295 e. The highest BCUT2D eigenvalue weighted by Crippen LogP contribution is 2.24. The highest BCUT2D eigenvalue weighted by Gasteiger charge is 2.17. The quantitative estimate of drug-likeness (QED) is 0.532. The van der Waals surface area contributed by atoms with Crippen LogP contribution in [0.3, 0.4) is 0 Å². The Labute approximate surface area is 61.4 Å². The van der Waals surface area contributed by atoms with E-state index in [9.17, 15) is 4.79 Å². The lowest BCUT2D eigenvalue weighted by Crippen LogP contribution is -1.90. The maximum Gasteiger partial charge on any atom is 0.158 e. The van der Waals surface area contributed by atoms with Crippen molar-refractivity contribution >= 4 is 5.78 Å². The van der Waals surface area contributed by atoms with Gasteiger partial charge in [0.05, 0.1) is 0 Å². The van der Waals surface area contributed by atoms with Gasteiger partial charge >= 0.3 is 0 Å². The lowest BCUT2D eigenvalue weighted by molar-refractivity contribution is -0.114. The minimum absolute atomic E-state index is 0.317. The van der Waals surface area contributed by atoms with Gasteiger partial charge in [0.1, 0.15) is 0 Å². The van der Waals surface area contributed by atoms with Gasteiger partial charge in [-0.15, -0.1) is 6.58 Å². The Kier molecular flexibility index (Phi) is 2.05. The van der Waals surface area contributed by atoms with Crippen LogP contribution in [0.25, 0.3) is 0 Å². The van der Waals surface area contributed by atoms with E-state index in [1.165, 1.54) is 5.57 Å². The molecule has 0 spiro atoms. The Morgan fingerprint density at radius 3 is 2.70 bits per heavy atom. The predicted octanol–water partition coefficient (Wildman–Crippen LogP) is 2.24. The smallest absolute Gasteiger partial charge is 0.158 e. The van der Waals surface area contributed by atoms with Crippen LogP contribution in [0.4, 0.5) is 0 Å². The minimum Gasteiger partial charge on any atom is -0.295 e. The number of carbonyl (C=O) groups excluding carboxylic acids is 1. The van der Waals surface area contributed by atoms with Crippen molar-refractivity contribution in [1.82, 2.24) is 0 Å². The van der Waals surface area contributed by atoms with Gasteiger partial charge in [0.15, 0.2) is 5.78 Å². The maximum atomic E-state index is 11.0. The molecule has 0 aliphatic heterocycles. The fourth-order valence-corrected chi connectivity index (χ4v) is 1.27. The third-order valence-electron chi connectivity index (χ3n) is 1.99. The molecular weight excluding hydrogens is 124 g/mol. The van der Waals surface area contributed by atoms with Gasteiger partial charge in [0.25, 0.3) is 0 Å². The summed E-state index contributed by atoms with van der Waals surface area (Å²) in [6.07, 6.45) is 4.42. The Bertz CT molecular complexity index is 199. The normalized spacial score (nSPS) is 18.3. The van der Waals surface area contributed by atoms with Gasteiger partial charge < -0.3 is 0 Å². The van der Waals surface area contributed by atoms with Crippen LogP contribution in [0.1, 0.15) is 26.2 Å². The molecule has 0 saturated carbocycles. The Morgan fingerprint density at radius 1 is 1.60 bits per heavy atom. The van der Waals surface area contributed by atoms with Gasteiger partial charge in [-0.1, -0.05) is 11.6 Å². The highest BCUT2D eigenvalue weighted by molar-refractivity contribution is 5.98. The van der Waals surface area contributed by atoms with Gasteiger partial charge in [-0.05, 0) is 25.3 Å². The number of rotatable bonds is 2. The van der Waals surface area contributed by atoms with Gasteiger partial charge in [-0.25, -0.2) is 0 Å². The molecule has 0 saturated heterocycles. The van der Waals surface area contributed by atoms with Crippen molar-refractivity contribution in [2.24, 2.45) is 0 Å². The van der Waals surface area contributed by atoms with Crippen LogP contribution in [0.15, 0.2) is 23.8 Å². The molecular formula is C9H12O. The lowest BCUT2D eigenvalue weighted by atomic mass is 10.1. The first-order valence-corrected chi connectivity index (χ1v) is 3.58. The summed E-state index contributed by atoms with van der Waals surface area (Å²) in [5.41, 5.74) is 2.25. The van der Waals surface area contributed by atoms with Crippen molar-refractivity contribution < 1.29 is 4.79 Å². The van der Waals surface area contributed by atoms with E-state index < -0.39 is 0 Å². The second-order valence-electron chi connectivity index (χ2n) is 2.64. The zero-order valence-corrected chi connectivity index (χ0v) is 6.31. The van der Waals surface area contributed by atoms with Crippen LogP contribution >= 0.6 is 0 Å². The Hall–Kier alpha value is -0.850. The first kappa shape index (κ1) is 7.26. The monoisotopic (exact) mass is 136 g/mol. The fraction of sp³-hybridized carbons (Fsp3) is 0.444. The summed E-state index contributed by atoms with van der Waals surface area (Å²) in [4.78, 5) is 11.0. The standard InChI is InChI=1S/C9H12O/c1-3-4-8-5-6-9(10)7(8)2/h3H,1,4-6H2,2H3. The van der Waals surface area contributed by atoms with Crippen molar-refractivity contribution in [2.75, 3.05) is 0 Å². The van der Waals surface area contributed by atoms with Crippen LogP contribution in [0.5, 0.6) is 0 Å². The third-order valence-corrected chi connectivity index (χ3v) is 1.99. The minimum atomic E-state index is 0.317. The lowest BCUT2D eigenvalue weighted by Gasteiger charge is -1.94. The van der Waals surface area contributed by atoms with E-state index in [1.54, 1.807) is 0 Å². The highest BCUT2D eigenvalue weighted by atomic mass is 16.1. The first-order chi connectivity index (χ1) is 4.75. The van der Waals surface area contributed by atoms with E-state index in [0.717, 1.165) is 24.8 Å². The average molecular weight is 136 g/mol. The zero-order valence-electron chi connectivity index (χ0n) is 6.31. The molecule has 0 aromatic heterocycles. The predicted molar refractivity (Wildman–Crippen MR) is 41.8 cm³/mol. The molecule has 0 atom stereocenters. The van der Waals surface area contributed by atoms with Gasteiger partial charge in [0, 0.05) is 6.42 Å². The molecule has 0 fully saturated rings. The second kappa shape index (κ2) is 2.82. The number of carbonyl (C=O) groups is 1. The van der Waals surface area contributed by atoms with Crippen LogP contribution < -0.4 is 0 Å². The van der Waals surface area contributed by atoms with Crippen LogP contribution in [-0.2, 0) is 4.79 Å². The summed E-state index contributed by atoms with van der Waals surface area (Å²) in [6, 6.07) is 0. The number of hydrogen-bond donors (Lipinski definition) is 0. The summed E-state index contributed by atoms with van der Waals surface area (Å²) in [6.45, 7) is 5.55. The number of Topliss-reactive ketones (excluding diaryl/α,β-unsaturated/α-hetero) is 1. The number of ketones is 1. The molecule has 1 aliphatic rings. The summed E-state index contributed by atoms with van der Waals surface area (Å²) < 4.78 is 0. The molecule has 0 aromatic rings. The molecule has 0 unspecified atom stereocenters. The van der Waals surface area contributed by atoms with E-state index in [-0.39, 0.29) is 0 Å². The van der Waals surface area contributed by atoms with Crippen molar-refractivity contribution in [1.29, 1.82) is 0 Å². The summed E-state index contributed by atoms with van der Waals surface area (Å²) in [5, 5.41) is 0. The summed E-state index contributed by atoms with van der Waals surface area (Å²) >= 11 is 0. The van der Waals surface area contributed by atoms with E-state index in [4.69, 9.17) is 0 Å². The Morgan fingerprint density at radius 2 is 2.30 bits per heavy atom. The van der Waals surface area contributed by atoms with Crippen LogP contribution in [0.2, 0.25) is 0 Å². The van der Waals surface area contributed by atoms with Crippen molar-refractivity contribution in [3.8, 4) is 0 Å². The second-order valence-corrected chi connectivity index (χ2v) is 2.64.